The van der Waals surface area contributed by atoms with Gasteiger partial charge in [0.1, 0.15) is 12.4 Å². The van der Waals surface area contributed by atoms with Crippen molar-refractivity contribution in [1.29, 1.82) is 0 Å². The predicted octanol–water partition coefficient (Wildman–Crippen LogP) is 2.31. The molecule has 17 heavy (non-hydrogen) atoms. The second kappa shape index (κ2) is 6.57. The minimum atomic E-state index is -0.0395. The minimum absolute atomic E-state index is 0.0395. The van der Waals surface area contributed by atoms with Crippen molar-refractivity contribution in [3.8, 4) is 5.75 Å². The Kier molecular flexibility index (Phi) is 4.76. The lowest BCUT2D eigenvalue weighted by Crippen LogP contribution is -2.24. The molecule has 1 fully saturated rings. The van der Waals surface area contributed by atoms with Gasteiger partial charge in [0.15, 0.2) is 6.29 Å². The third-order valence-electron chi connectivity index (χ3n) is 2.74. The summed E-state index contributed by atoms with van der Waals surface area (Å²) in [5.74, 6) is 0.820. The van der Waals surface area contributed by atoms with Crippen LogP contribution in [0.15, 0.2) is 18.3 Å². The van der Waals surface area contributed by atoms with E-state index in [0.717, 1.165) is 30.9 Å². The summed E-state index contributed by atoms with van der Waals surface area (Å²) in [6.45, 7) is 3.83. The van der Waals surface area contributed by atoms with E-state index in [2.05, 4.69) is 4.98 Å². The highest BCUT2D eigenvalue weighted by atomic mass is 16.7. The van der Waals surface area contributed by atoms with Crippen molar-refractivity contribution in [2.24, 2.45) is 0 Å². The van der Waals surface area contributed by atoms with Crippen LogP contribution in [0.3, 0.4) is 0 Å². The zero-order valence-electron chi connectivity index (χ0n) is 10.2. The summed E-state index contributed by atoms with van der Waals surface area (Å²) in [6, 6.07) is 3.78. The zero-order valence-corrected chi connectivity index (χ0v) is 10.2. The van der Waals surface area contributed by atoms with E-state index in [4.69, 9.17) is 14.2 Å². The number of rotatable bonds is 5. The third kappa shape index (κ3) is 3.98. The highest BCUT2D eigenvalue weighted by molar-refractivity contribution is 5.25. The number of nitrogens with zero attached hydrogens (tertiary/aromatic N) is 1. The molecule has 0 bridgehead atoms. The van der Waals surface area contributed by atoms with Gasteiger partial charge in [-0.1, -0.05) is 0 Å². The molecule has 1 aromatic heterocycles. The average Bonchev–Trinajstić information content (AvgIpc) is 2.38. The molecule has 2 heterocycles. The minimum Gasteiger partial charge on any atom is -0.489 e. The number of hydrogen-bond donors (Lipinski definition) is 0. The van der Waals surface area contributed by atoms with Crippen molar-refractivity contribution >= 4 is 0 Å². The van der Waals surface area contributed by atoms with Crippen molar-refractivity contribution in [3.05, 3.63) is 24.0 Å². The van der Waals surface area contributed by atoms with E-state index in [-0.39, 0.29) is 6.29 Å². The summed E-state index contributed by atoms with van der Waals surface area (Å²) in [7, 11) is 0. The maximum atomic E-state index is 5.58. The molecule has 0 spiro atoms. The highest BCUT2D eigenvalue weighted by Crippen LogP contribution is 2.15. The number of aryl methyl sites for hydroxylation is 1. The molecule has 1 unspecified atom stereocenters. The second-order valence-electron chi connectivity index (χ2n) is 4.10. The van der Waals surface area contributed by atoms with Crippen LogP contribution in [-0.2, 0) is 9.47 Å². The SMILES string of the molecule is Cc1ncccc1OCCOC1CCCCO1. The topological polar surface area (TPSA) is 40.6 Å². The van der Waals surface area contributed by atoms with Gasteiger partial charge in [-0.15, -0.1) is 0 Å². The predicted molar refractivity (Wildman–Crippen MR) is 64.0 cm³/mol. The first-order valence-corrected chi connectivity index (χ1v) is 6.14. The van der Waals surface area contributed by atoms with Crippen LogP contribution in [0.1, 0.15) is 25.0 Å². The van der Waals surface area contributed by atoms with E-state index in [9.17, 15) is 0 Å². The van der Waals surface area contributed by atoms with Crippen LogP contribution in [-0.4, -0.2) is 31.1 Å². The Labute approximate surface area is 102 Å². The van der Waals surface area contributed by atoms with Crippen molar-refractivity contribution in [3.63, 3.8) is 0 Å². The van der Waals surface area contributed by atoms with Crippen LogP contribution < -0.4 is 4.74 Å². The lowest BCUT2D eigenvalue weighted by molar-refractivity contribution is -0.165. The Morgan fingerprint density at radius 3 is 3.12 bits per heavy atom. The molecule has 0 aromatic carbocycles. The summed E-state index contributed by atoms with van der Waals surface area (Å²) in [6.07, 6.45) is 5.04. The van der Waals surface area contributed by atoms with Crippen LogP contribution in [0, 0.1) is 6.92 Å². The Hall–Kier alpha value is -1.13. The molecular formula is C13H19NO3. The molecular weight excluding hydrogens is 218 g/mol. The average molecular weight is 237 g/mol. The molecule has 0 amide bonds. The fourth-order valence-corrected chi connectivity index (χ4v) is 1.80. The van der Waals surface area contributed by atoms with Gasteiger partial charge in [0.25, 0.3) is 0 Å². The van der Waals surface area contributed by atoms with E-state index >= 15 is 0 Å². The van der Waals surface area contributed by atoms with Crippen LogP contribution in [0.25, 0.3) is 0 Å². The number of hydrogen-bond acceptors (Lipinski definition) is 4. The van der Waals surface area contributed by atoms with Crippen LogP contribution in [0.4, 0.5) is 0 Å². The summed E-state index contributed by atoms with van der Waals surface area (Å²) >= 11 is 0. The van der Waals surface area contributed by atoms with Gasteiger partial charge in [0.2, 0.25) is 0 Å². The van der Waals surface area contributed by atoms with Crippen LogP contribution in [0.2, 0.25) is 0 Å². The molecule has 4 heteroatoms. The van der Waals surface area contributed by atoms with Gasteiger partial charge in [0, 0.05) is 12.8 Å². The van der Waals surface area contributed by atoms with E-state index in [1.165, 1.54) is 6.42 Å². The summed E-state index contributed by atoms with van der Waals surface area (Å²) < 4.78 is 16.6. The first-order valence-electron chi connectivity index (χ1n) is 6.14. The lowest BCUT2D eigenvalue weighted by Gasteiger charge is -2.22. The van der Waals surface area contributed by atoms with E-state index < -0.39 is 0 Å². The first-order chi connectivity index (χ1) is 8.36. The molecule has 94 valence electrons. The Bertz CT molecular complexity index is 337. The summed E-state index contributed by atoms with van der Waals surface area (Å²) in [5.41, 5.74) is 0.904. The van der Waals surface area contributed by atoms with Gasteiger partial charge in [-0.2, -0.15) is 0 Å². The lowest BCUT2D eigenvalue weighted by atomic mass is 10.2. The number of ether oxygens (including phenoxy) is 3. The zero-order chi connectivity index (χ0) is 11.9. The van der Waals surface area contributed by atoms with Crippen molar-refractivity contribution in [2.45, 2.75) is 32.5 Å². The summed E-state index contributed by atoms with van der Waals surface area (Å²) in [4.78, 5) is 4.16. The number of pyridine rings is 1. The van der Waals surface area contributed by atoms with Gasteiger partial charge in [0.05, 0.1) is 12.3 Å². The molecule has 1 aliphatic rings. The molecule has 1 saturated heterocycles. The quantitative estimate of drug-likeness (QED) is 0.737. The molecule has 2 rings (SSSR count). The molecule has 0 saturated carbocycles. The largest absolute Gasteiger partial charge is 0.489 e. The van der Waals surface area contributed by atoms with Crippen molar-refractivity contribution in [2.75, 3.05) is 19.8 Å². The Balaban J connectivity index is 1.64. The molecule has 1 aromatic rings. The monoisotopic (exact) mass is 237 g/mol. The Morgan fingerprint density at radius 1 is 1.41 bits per heavy atom. The molecule has 4 nitrogen and oxygen atoms in total. The fraction of sp³-hybridized carbons (Fsp3) is 0.615. The molecule has 0 radical (unpaired) electrons. The maximum Gasteiger partial charge on any atom is 0.157 e. The maximum absolute atomic E-state index is 5.58. The van der Waals surface area contributed by atoms with Crippen LogP contribution in [0.5, 0.6) is 5.75 Å². The van der Waals surface area contributed by atoms with Gasteiger partial charge in [-0.25, -0.2) is 0 Å². The molecule has 1 aliphatic heterocycles. The number of aromatic nitrogens is 1. The highest BCUT2D eigenvalue weighted by Gasteiger charge is 2.13. The molecule has 0 N–H and O–H groups in total. The molecule has 1 atom stereocenters. The van der Waals surface area contributed by atoms with Crippen LogP contribution >= 0.6 is 0 Å². The van der Waals surface area contributed by atoms with Gasteiger partial charge in [-0.3, -0.25) is 4.98 Å². The van der Waals surface area contributed by atoms with Gasteiger partial charge >= 0.3 is 0 Å². The van der Waals surface area contributed by atoms with E-state index in [0.29, 0.717) is 13.2 Å². The summed E-state index contributed by atoms with van der Waals surface area (Å²) in [5, 5.41) is 0. The van der Waals surface area contributed by atoms with Crippen molar-refractivity contribution < 1.29 is 14.2 Å². The van der Waals surface area contributed by atoms with Crippen molar-refractivity contribution in [1.82, 2.24) is 4.98 Å². The normalized spacial score (nSPS) is 20.2. The standard InChI is InChI=1S/C13H19NO3/c1-11-12(5-4-7-14-11)15-9-10-17-13-6-2-3-8-16-13/h4-5,7,13H,2-3,6,8-10H2,1H3. The van der Waals surface area contributed by atoms with E-state index in [1.54, 1.807) is 6.20 Å². The second-order valence-corrected chi connectivity index (χ2v) is 4.10. The fourth-order valence-electron chi connectivity index (χ4n) is 1.80. The Morgan fingerprint density at radius 2 is 2.35 bits per heavy atom. The molecule has 0 aliphatic carbocycles. The first kappa shape index (κ1) is 12.3. The van der Waals surface area contributed by atoms with Gasteiger partial charge < -0.3 is 14.2 Å². The van der Waals surface area contributed by atoms with Gasteiger partial charge in [-0.05, 0) is 38.3 Å². The third-order valence-corrected chi connectivity index (χ3v) is 2.74. The van der Waals surface area contributed by atoms with E-state index in [1.807, 2.05) is 19.1 Å². The smallest absolute Gasteiger partial charge is 0.157 e.